The summed E-state index contributed by atoms with van der Waals surface area (Å²) < 4.78 is 11.3. The predicted octanol–water partition coefficient (Wildman–Crippen LogP) is 4.38. The Morgan fingerprint density at radius 2 is 1.47 bits per heavy atom. The van der Waals surface area contributed by atoms with Gasteiger partial charge in [0.15, 0.2) is 6.61 Å². The topological polar surface area (TPSA) is 64.6 Å². The molecule has 0 atom stereocenters. The van der Waals surface area contributed by atoms with Gasteiger partial charge < -0.3 is 14.8 Å². The second-order valence-corrected chi connectivity index (χ2v) is 7.90. The van der Waals surface area contributed by atoms with Crippen molar-refractivity contribution < 1.29 is 19.1 Å². The molecule has 0 bridgehead atoms. The molecular formula is C24H21NO4S. The number of thioether (sulfide) groups is 1. The molecule has 0 saturated carbocycles. The highest BCUT2D eigenvalue weighted by atomic mass is 32.2. The normalized spacial score (nSPS) is 12.3. The van der Waals surface area contributed by atoms with Crippen LogP contribution in [0.1, 0.15) is 17.0 Å². The zero-order valence-electron chi connectivity index (χ0n) is 16.2. The summed E-state index contributed by atoms with van der Waals surface area (Å²) >= 11 is 1.66. The second-order valence-electron chi connectivity index (χ2n) is 6.73. The van der Waals surface area contributed by atoms with Crippen LogP contribution >= 0.6 is 11.8 Å². The van der Waals surface area contributed by atoms with Crippen LogP contribution in [0.5, 0.6) is 11.5 Å². The number of hydrogen-bond donors (Lipinski definition) is 1. The van der Waals surface area contributed by atoms with Crippen LogP contribution in [-0.4, -0.2) is 30.8 Å². The number of para-hydroxylation sites is 2. The minimum atomic E-state index is -0.618. The lowest BCUT2D eigenvalue weighted by Gasteiger charge is -2.26. The number of fused-ring (bicyclic) bond motifs is 2. The molecule has 0 aromatic heterocycles. The number of nitrogens with one attached hydrogen (secondary N) is 1. The van der Waals surface area contributed by atoms with Crippen molar-refractivity contribution in [3.05, 3.63) is 90.0 Å². The summed E-state index contributed by atoms with van der Waals surface area (Å²) in [6.45, 7) is 0.190. The Kier molecular flexibility index (Phi) is 6.35. The number of rotatable bonds is 7. The second kappa shape index (κ2) is 9.50. The number of carbonyl (C=O) groups is 2. The zero-order valence-corrected chi connectivity index (χ0v) is 17.1. The molecule has 3 aromatic carbocycles. The standard InChI is InChI=1S/C24H21NO4S/c26-22(25-14-15-30-17-8-2-1-3-9-17)16-28-24(27)23-18-10-4-6-12-20(18)29-21-13-7-5-11-19(21)23/h1-13,23H,14-16H2,(H,25,26). The fraction of sp³-hybridized carbons (Fsp3) is 0.167. The van der Waals surface area contributed by atoms with Gasteiger partial charge in [0.2, 0.25) is 0 Å². The minimum absolute atomic E-state index is 0.309. The van der Waals surface area contributed by atoms with Crippen molar-refractivity contribution in [3.8, 4) is 11.5 Å². The third-order valence-electron chi connectivity index (χ3n) is 4.70. The van der Waals surface area contributed by atoms with E-state index in [1.807, 2.05) is 78.9 Å². The predicted molar refractivity (Wildman–Crippen MR) is 116 cm³/mol. The lowest BCUT2D eigenvalue weighted by molar-refractivity contribution is -0.149. The van der Waals surface area contributed by atoms with E-state index in [0.717, 1.165) is 21.8 Å². The molecule has 6 heteroatoms. The highest BCUT2D eigenvalue weighted by molar-refractivity contribution is 7.99. The lowest BCUT2D eigenvalue weighted by Crippen LogP contribution is -2.32. The summed E-state index contributed by atoms with van der Waals surface area (Å²) in [7, 11) is 0. The van der Waals surface area contributed by atoms with Gasteiger partial charge in [0.1, 0.15) is 17.4 Å². The van der Waals surface area contributed by atoms with Gasteiger partial charge in [-0.3, -0.25) is 9.59 Å². The van der Waals surface area contributed by atoms with Crippen LogP contribution in [0.4, 0.5) is 0 Å². The summed E-state index contributed by atoms with van der Waals surface area (Å²) in [5.74, 6) is 0.594. The summed E-state index contributed by atoms with van der Waals surface area (Å²) in [5.41, 5.74) is 1.47. The first-order valence-electron chi connectivity index (χ1n) is 9.69. The van der Waals surface area contributed by atoms with Gasteiger partial charge in [-0.05, 0) is 24.3 Å². The summed E-state index contributed by atoms with van der Waals surface area (Å²) in [6.07, 6.45) is 0. The van der Waals surface area contributed by atoms with Crippen LogP contribution in [0.3, 0.4) is 0 Å². The Bertz CT molecular complexity index is 993. The van der Waals surface area contributed by atoms with E-state index in [-0.39, 0.29) is 12.5 Å². The van der Waals surface area contributed by atoms with E-state index >= 15 is 0 Å². The van der Waals surface area contributed by atoms with Gasteiger partial charge in [0.05, 0.1) is 0 Å². The van der Waals surface area contributed by atoms with Crippen molar-refractivity contribution in [3.63, 3.8) is 0 Å². The molecule has 1 heterocycles. The van der Waals surface area contributed by atoms with Crippen LogP contribution in [-0.2, 0) is 14.3 Å². The molecule has 1 aliphatic heterocycles. The first kappa shape index (κ1) is 20.0. The summed E-state index contributed by atoms with van der Waals surface area (Å²) in [6, 6.07) is 24.7. The van der Waals surface area contributed by atoms with Gasteiger partial charge in [-0.25, -0.2) is 0 Å². The van der Waals surface area contributed by atoms with Crippen molar-refractivity contribution >= 4 is 23.6 Å². The molecule has 3 aromatic rings. The van der Waals surface area contributed by atoms with E-state index in [1.54, 1.807) is 11.8 Å². The van der Waals surface area contributed by atoms with Crippen molar-refractivity contribution in [2.45, 2.75) is 10.8 Å². The van der Waals surface area contributed by atoms with Gasteiger partial charge >= 0.3 is 5.97 Å². The van der Waals surface area contributed by atoms with E-state index in [0.29, 0.717) is 18.0 Å². The number of amides is 1. The van der Waals surface area contributed by atoms with Gasteiger partial charge in [0, 0.05) is 28.3 Å². The third-order valence-corrected chi connectivity index (χ3v) is 5.71. The zero-order chi connectivity index (χ0) is 20.8. The molecule has 0 saturated heterocycles. The van der Waals surface area contributed by atoms with Gasteiger partial charge in [-0.15, -0.1) is 11.8 Å². The van der Waals surface area contributed by atoms with Gasteiger partial charge in [0.25, 0.3) is 5.91 Å². The van der Waals surface area contributed by atoms with Crippen LogP contribution in [0.25, 0.3) is 0 Å². The highest BCUT2D eigenvalue weighted by Gasteiger charge is 2.33. The Balaban J connectivity index is 1.32. The van der Waals surface area contributed by atoms with Crippen LogP contribution in [0.15, 0.2) is 83.8 Å². The van der Waals surface area contributed by atoms with Crippen molar-refractivity contribution in [1.29, 1.82) is 0 Å². The van der Waals surface area contributed by atoms with Crippen LogP contribution in [0, 0.1) is 0 Å². The van der Waals surface area contributed by atoms with Crippen molar-refractivity contribution in [2.75, 3.05) is 18.9 Å². The average molecular weight is 420 g/mol. The summed E-state index contributed by atoms with van der Waals surface area (Å²) in [4.78, 5) is 26.1. The molecule has 0 aliphatic carbocycles. The summed E-state index contributed by atoms with van der Waals surface area (Å²) in [5, 5.41) is 2.79. The molecule has 30 heavy (non-hydrogen) atoms. The first-order chi connectivity index (χ1) is 14.7. The lowest BCUT2D eigenvalue weighted by atomic mass is 9.88. The quantitative estimate of drug-likeness (QED) is 0.350. The Labute approximate surface area is 179 Å². The number of ether oxygens (including phenoxy) is 2. The van der Waals surface area contributed by atoms with E-state index in [2.05, 4.69) is 5.32 Å². The van der Waals surface area contributed by atoms with E-state index < -0.39 is 11.9 Å². The largest absolute Gasteiger partial charge is 0.457 e. The first-order valence-corrected chi connectivity index (χ1v) is 10.7. The van der Waals surface area contributed by atoms with Crippen LogP contribution in [0.2, 0.25) is 0 Å². The third kappa shape index (κ3) is 4.66. The Morgan fingerprint density at radius 3 is 2.13 bits per heavy atom. The number of hydrogen-bond acceptors (Lipinski definition) is 5. The van der Waals surface area contributed by atoms with Crippen molar-refractivity contribution in [1.82, 2.24) is 5.32 Å². The number of benzene rings is 3. The molecule has 4 rings (SSSR count). The fourth-order valence-corrected chi connectivity index (χ4v) is 4.10. The van der Waals surface area contributed by atoms with E-state index in [9.17, 15) is 9.59 Å². The van der Waals surface area contributed by atoms with E-state index in [4.69, 9.17) is 9.47 Å². The smallest absolute Gasteiger partial charge is 0.318 e. The van der Waals surface area contributed by atoms with Crippen LogP contribution < -0.4 is 10.1 Å². The maximum Gasteiger partial charge on any atom is 0.318 e. The molecule has 0 unspecified atom stereocenters. The average Bonchev–Trinajstić information content (AvgIpc) is 2.79. The molecule has 1 aliphatic rings. The molecular weight excluding hydrogens is 398 g/mol. The molecule has 0 spiro atoms. The number of esters is 1. The van der Waals surface area contributed by atoms with Crippen molar-refractivity contribution in [2.24, 2.45) is 0 Å². The fourth-order valence-electron chi connectivity index (χ4n) is 3.31. The molecule has 0 radical (unpaired) electrons. The minimum Gasteiger partial charge on any atom is -0.457 e. The molecule has 1 N–H and O–H groups in total. The molecule has 0 fully saturated rings. The molecule has 152 valence electrons. The SMILES string of the molecule is O=C(COC(=O)C1c2ccccc2Oc2ccccc21)NCCSc1ccccc1. The maximum atomic E-state index is 12.9. The number of carbonyl (C=O) groups excluding carboxylic acids is 2. The highest BCUT2D eigenvalue weighted by Crippen LogP contribution is 2.44. The Hall–Kier alpha value is -3.25. The molecule has 1 amide bonds. The molecule has 5 nitrogen and oxygen atoms in total. The van der Waals surface area contributed by atoms with Gasteiger partial charge in [-0.1, -0.05) is 54.6 Å². The monoisotopic (exact) mass is 419 g/mol. The Morgan fingerprint density at radius 1 is 0.867 bits per heavy atom. The van der Waals surface area contributed by atoms with Gasteiger partial charge in [-0.2, -0.15) is 0 Å². The van der Waals surface area contributed by atoms with E-state index in [1.165, 1.54) is 0 Å². The maximum absolute atomic E-state index is 12.9.